The monoisotopic (exact) mass is 273 g/mol. The van der Waals surface area contributed by atoms with Crippen molar-refractivity contribution in [3.8, 4) is 0 Å². The van der Waals surface area contributed by atoms with Crippen LogP contribution in [0.5, 0.6) is 0 Å². The van der Waals surface area contributed by atoms with E-state index in [4.69, 9.17) is 0 Å². The summed E-state index contributed by atoms with van der Waals surface area (Å²) < 4.78 is 0. The first-order valence-electron chi connectivity index (χ1n) is 6.02. The van der Waals surface area contributed by atoms with Gasteiger partial charge in [-0.2, -0.15) is 0 Å². The van der Waals surface area contributed by atoms with Crippen molar-refractivity contribution in [2.24, 2.45) is 17.8 Å². The lowest BCUT2D eigenvalue weighted by Crippen LogP contribution is -2.45. The van der Waals surface area contributed by atoms with E-state index >= 15 is 0 Å². The third-order valence-corrected chi connectivity index (χ3v) is 5.09. The molecule has 1 amide bonds. The van der Waals surface area contributed by atoms with Gasteiger partial charge in [0.25, 0.3) is 0 Å². The number of amides is 1. The Morgan fingerprint density at radius 1 is 1.40 bits per heavy atom. The third kappa shape index (κ3) is 2.55. The van der Waals surface area contributed by atoms with Gasteiger partial charge < -0.3 is 4.90 Å². The summed E-state index contributed by atoms with van der Waals surface area (Å²) in [5.41, 5.74) is 0. The predicted octanol–water partition coefficient (Wildman–Crippen LogP) is 2.66. The molecular weight excluding hydrogens is 254 g/mol. The van der Waals surface area contributed by atoms with Gasteiger partial charge in [0.1, 0.15) is 0 Å². The van der Waals surface area contributed by atoms with E-state index < -0.39 is 0 Å². The van der Waals surface area contributed by atoms with Gasteiger partial charge in [0.15, 0.2) is 0 Å². The fourth-order valence-corrected chi connectivity index (χ4v) is 2.92. The highest BCUT2D eigenvalue weighted by atomic mass is 79.9. The van der Waals surface area contributed by atoms with Gasteiger partial charge in [-0.3, -0.25) is 4.79 Å². The van der Waals surface area contributed by atoms with Crippen molar-refractivity contribution < 1.29 is 4.79 Å². The Labute approximate surface area is 101 Å². The number of halogens is 1. The van der Waals surface area contributed by atoms with E-state index in [9.17, 15) is 4.79 Å². The quantitative estimate of drug-likeness (QED) is 0.709. The second-order valence-electron chi connectivity index (χ2n) is 5.19. The van der Waals surface area contributed by atoms with Crippen LogP contribution < -0.4 is 0 Å². The minimum atomic E-state index is 0.262. The number of hydrogen-bond donors (Lipinski definition) is 0. The normalized spacial score (nSPS) is 33.9. The molecule has 15 heavy (non-hydrogen) atoms. The Bertz CT molecular complexity index is 252. The smallest absolute Gasteiger partial charge is 0.225 e. The summed E-state index contributed by atoms with van der Waals surface area (Å²) in [4.78, 5) is 14.7. The summed E-state index contributed by atoms with van der Waals surface area (Å²) in [7, 11) is 0. The zero-order valence-corrected chi connectivity index (χ0v) is 11.2. The van der Waals surface area contributed by atoms with Crippen LogP contribution in [0.25, 0.3) is 0 Å². The Morgan fingerprint density at radius 2 is 2.07 bits per heavy atom. The minimum absolute atomic E-state index is 0.262. The Morgan fingerprint density at radius 3 is 2.60 bits per heavy atom. The summed E-state index contributed by atoms with van der Waals surface area (Å²) in [5, 5.41) is 0. The van der Waals surface area contributed by atoms with Crippen LogP contribution in [0.1, 0.15) is 33.1 Å². The molecule has 2 nitrogen and oxygen atoms in total. The number of hydrogen-bond acceptors (Lipinski definition) is 1. The summed E-state index contributed by atoms with van der Waals surface area (Å²) in [6, 6.07) is 0. The van der Waals surface area contributed by atoms with Crippen molar-refractivity contribution in [3.63, 3.8) is 0 Å². The largest absolute Gasteiger partial charge is 0.341 e. The second-order valence-corrected chi connectivity index (χ2v) is 6.37. The van der Waals surface area contributed by atoms with Crippen LogP contribution >= 0.6 is 15.9 Å². The zero-order valence-electron chi connectivity index (χ0n) is 9.58. The second kappa shape index (κ2) is 4.44. The first-order chi connectivity index (χ1) is 7.09. The van der Waals surface area contributed by atoms with Gasteiger partial charge in [0.2, 0.25) is 5.91 Å². The molecule has 1 heterocycles. The molecule has 2 aliphatic rings. The molecule has 1 aliphatic carbocycles. The standard InChI is InChI=1S/C12H20BrNO/c1-8-5-6-14(7-11(8)13)12(15)9(2)10-3-4-10/h8-11H,3-7H2,1-2H3. The van der Waals surface area contributed by atoms with E-state index in [1.165, 1.54) is 12.8 Å². The Kier molecular flexibility index (Phi) is 3.39. The lowest BCUT2D eigenvalue weighted by Gasteiger charge is -2.35. The maximum Gasteiger partial charge on any atom is 0.225 e. The number of likely N-dealkylation sites (tertiary alicyclic amines) is 1. The maximum atomic E-state index is 12.1. The molecule has 3 atom stereocenters. The average molecular weight is 274 g/mol. The summed E-state index contributed by atoms with van der Waals surface area (Å²) >= 11 is 3.67. The number of nitrogens with zero attached hydrogens (tertiary/aromatic N) is 1. The van der Waals surface area contributed by atoms with Crippen molar-refractivity contribution in [2.45, 2.75) is 37.9 Å². The van der Waals surface area contributed by atoms with Gasteiger partial charge in [-0.05, 0) is 31.1 Å². The van der Waals surface area contributed by atoms with Gasteiger partial charge >= 0.3 is 0 Å². The lowest BCUT2D eigenvalue weighted by molar-refractivity contribution is -0.136. The number of carbonyl (C=O) groups excluding carboxylic acids is 1. The third-order valence-electron chi connectivity index (χ3n) is 3.90. The van der Waals surface area contributed by atoms with Crippen molar-refractivity contribution >= 4 is 21.8 Å². The molecule has 0 aromatic rings. The van der Waals surface area contributed by atoms with Crippen LogP contribution in [-0.4, -0.2) is 28.7 Å². The van der Waals surface area contributed by atoms with E-state index in [1.54, 1.807) is 0 Å². The van der Waals surface area contributed by atoms with Gasteiger partial charge in [-0.15, -0.1) is 0 Å². The molecule has 0 bridgehead atoms. The van der Waals surface area contributed by atoms with E-state index in [-0.39, 0.29) is 5.92 Å². The molecule has 0 aromatic carbocycles. The van der Waals surface area contributed by atoms with E-state index in [1.807, 2.05) is 0 Å². The van der Waals surface area contributed by atoms with Gasteiger partial charge in [0.05, 0.1) is 0 Å². The predicted molar refractivity (Wildman–Crippen MR) is 65.0 cm³/mol. The topological polar surface area (TPSA) is 20.3 Å². The van der Waals surface area contributed by atoms with Crippen LogP contribution in [0.3, 0.4) is 0 Å². The average Bonchev–Trinajstić information content (AvgIpc) is 3.03. The van der Waals surface area contributed by atoms with Crippen molar-refractivity contribution in [1.82, 2.24) is 4.90 Å². The molecule has 0 radical (unpaired) electrons. The SMILES string of the molecule is CC1CCN(C(=O)C(C)C2CC2)CC1Br. The van der Waals surface area contributed by atoms with Crippen LogP contribution in [0.2, 0.25) is 0 Å². The van der Waals surface area contributed by atoms with E-state index in [0.717, 1.165) is 19.5 Å². The molecule has 0 N–H and O–H groups in total. The minimum Gasteiger partial charge on any atom is -0.341 e. The van der Waals surface area contributed by atoms with Gasteiger partial charge in [-0.25, -0.2) is 0 Å². The summed E-state index contributed by atoms with van der Waals surface area (Å²) in [6.07, 6.45) is 3.66. The van der Waals surface area contributed by atoms with Gasteiger partial charge in [0, 0.05) is 23.8 Å². The molecule has 86 valence electrons. The zero-order chi connectivity index (χ0) is 11.0. The molecule has 2 rings (SSSR count). The first-order valence-corrected chi connectivity index (χ1v) is 6.94. The van der Waals surface area contributed by atoms with E-state index in [0.29, 0.717) is 22.6 Å². The maximum absolute atomic E-state index is 12.1. The highest BCUT2D eigenvalue weighted by Gasteiger charge is 2.36. The molecule has 0 spiro atoms. The fraction of sp³-hybridized carbons (Fsp3) is 0.917. The summed E-state index contributed by atoms with van der Waals surface area (Å²) in [6.45, 7) is 6.21. The number of piperidine rings is 1. The first kappa shape index (κ1) is 11.4. The lowest BCUT2D eigenvalue weighted by atomic mass is 9.96. The molecular formula is C12H20BrNO. The number of alkyl halides is 1. The molecule has 2 fully saturated rings. The Hall–Kier alpha value is -0.0500. The van der Waals surface area contributed by atoms with Crippen molar-refractivity contribution in [1.29, 1.82) is 0 Å². The number of rotatable bonds is 2. The molecule has 0 aromatic heterocycles. The fourth-order valence-electron chi connectivity index (χ4n) is 2.31. The van der Waals surface area contributed by atoms with Crippen LogP contribution in [-0.2, 0) is 4.79 Å². The molecule has 3 unspecified atom stereocenters. The molecule has 1 aliphatic heterocycles. The van der Waals surface area contributed by atoms with Crippen molar-refractivity contribution in [3.05, 3.63) is 0 Å². The number of carbonyl (C=O) groups is 1. The van der Waals surface area contributed by atoms with E-state index in [2.05, 4.69) is 34.7 Å². The Balaban J connectivity index is 1.90. The molecule has 3 heteroatoms. The molecule has 1 saturated heterocycles. The highest BCUT2D eigenvalue weighted by molar-refractivity contribution is 9.09. The van der Waals surface area contributed by atoms with Gasteiger partial charge in [-0.1, -0.05) is 29.8 Å². The highest BCUT2D eigenvalue weighted by Crippen LogP contribution is 2.38. The van der Waals surface area contributed by atoms with Crippen LogP contribution in [0.15, 0.2) is 0 Å². The molecule has 1 saturated carbocycles. The van der Waals surface area contributed by atoms with Crippen LogP contribution in [0, 0.1) is 17.8 Å². The summed E-state index contributed by atoms with van der Waals surface area (Å²) in [5.74, 6) is 2.03. The van der Waals surface area contributed by atoms with Crippen LogP contribution in [0.4, 0.5) is 0 Å². The van der Waals surface area contributed by atoms with Crippen molar-refractivity contribution in [2.75, 3.05) is 13.1 Å².